The molecule has 0 aliphatic carbocycles. The van der Waals surface area contributed by atoms with Gasteiger partial charge in [-0.05, 0) is 25.1 Å². The van der Waals surface area contributed by atoms with Crippen LogP contribution in [0.3, 0.4) is 0 Å². The Kier molecular flexibility index (Phi) is 3.76. The average Bonchev–Trinajstić information content (AvgIpc) is 2.42. The molecule has 1 aromatic heterocycles. The topological polar surface area (TPSA) is 48.3 Å². The van der Waals surface area contributed by atoms with E-state index in [0.717, 1.165) is 12.1 Å². The lowest BCUT2D eigenvalue weighted by atomic mass is 10.1. The van der Waals surface area contributed by atoms with Crippen LogP contribution in [0.1, 0.15) is 11.1 Å². The van der Waals surface area contributed by atoms with E-state index in [2.05, 4.69) is 4.74 Å². The van der Waals surface area contributed by atoms with Crippen LogP contribution in [0.15, 0.2) is 29.2 Å². The lowest BCUT2D eigenvalue weighted by Crippen LogP contribution is -2.18. The Morgan fingerprint density at radius 3 is 2.57 bits per heavy atom. The molecule has 0 fully saturated rings. The number of benzene rings is 1. The summed E-state index contributed by atoms with van der Waals surface area (Å²) >= 11 is 0. The summed E-state index contributed by atoms with van der Waals surface area (Å²) in [6.07, 6.45) is -3.10. The van der Waals surface area contributed by atoms with Crippen LogP contribution in [0.2, 0.25) is 0 Å². The van der Waals surface area contributed by atoms with Crippen molar-refractivity contribution in [1.29, 1.82) is 0 Å². The van der Waals surface area contributed by atoms with E-state index in [1.165, 1.54) is 30.9 Å². The molecule has 0 saturated heterocycles. The molecular formula is C14H12F3NO3. The summed E-state index contributed by atoms with van der Waals surface area (Å²) in [5.74, 6) is -0.556. The van der Waals surface area contributed by atoms with Crippen LogP contribution in [0, 0.1) is 6.92 Å². The minimum Gasteiger partial charge on any atom is -0.468 e. The number of hydrogen-bond donors (Lipinski definition) is 0. The second kappa shape index (κ2) is 5.23. The predicted molar refractivity (Wildman–Crippen MR) is 70.0 cm³/mol. The normalized spacial score (nSPS) is 11.7. The van der Waals surface area contributed by atoms with Gasteiger partial charge in [-0.1, -0.05) is 0 Å². The summed E-state index contributed by atoms with van der Waals surface area (Å²) in [5.41, 5.74) is -0.880. The molecule has 0 amide bonds. The van der Waals surface area contributed by atoms with Crippen molar-refractivity contribution in [2.45, 2.75) is 19.6 Å². The number of halogens is 3. The largest absolute Gasteiger partial charge is 0.468 e. The van der Waals surface area contributed by atoms with Crippen LogP contribution in [-0.4, -0.2) is 17.6 Å². The molecule has 0 bridgehead atoms. The molecule has 0 unspecified atom stereocenters. The molecule has 2 rings (SSSR count). The van der Waals surface area contributed by atoms with E-state index in [1.807, 2.05) is 0 Å². The van der Waals surface area contributed by atoms with Crippen LogP contribution in [-0.2, 0) is 22.3 Å². The van der Waals surface area contributed by atoms with Gasteiger partial charge in [0.25, 0.3) is 0 Å². The molecule has 0 radical (unpaired) electrons. The number of rotatable bonds is 2. The zero-order valence-electron chi connectivity index (χ0n) is 11.3. The van der Waals surface area contributed by atoms with Crippen LogP contribution in [0.25, 0.3) is 10.9 Å². The molecular weight excluding hydrogens is 287 g/mol. The van der Waals surface area contributed by atoms with Crippen molar-refractivity contribution >= 4 is 16.9 Å². The predicted octanol–water partition coefficient (Wildman–Crippen LogP) is 2.50. The molecule has 0 spiro atoms. The highest BCUT2D eigenvalue weighted by Crippen LogP contribution is 2.30. The molecule has 0 saturated carbocycles. The molecule has 1 aromatic carbocycles. The zero-order chi connectivity index (χ0) is 15.8. The Labute approximate surface area is 117 Å². The lowest BCUT2D eigenvalue weighted by molar-refractivity contribution is -0.141. The number of aromatic nitrogens is 1. The number of hydrogen-bond acceptors (Lipinski definition) is 3. The van der Waals surface area contributed by atoms with E-state index in [1.54, 1.807) is 0 Å². The van der Waals surface area contributed by atoms with Crippen LogP contribution in [0.5, 0.6) is 0 Å². The fourth-order valence-electron chi connectivity index (χ4n) is 2.05. The van der Waals surface area contributed by atoms with E-state index in [9.17, 15) is 22.8 Å². The number of alkyl halides is 3. The highest BCUT2D eigenvalue weighted by molar-refractivity contribution is 5.82. The summed E-state index contributed by atoms with van der Waals surface area (Å²) in [4.78, 5) is 23.4. The van der Waals surface area contributed by atoms with Gasteiger partial charge in [0.05, 0.1) is 18.2 Å². The lowest BCUT2D eigenvalue weighted by Gasteiger charge is -2.13. The number of methoxy groups -OCH3 is 1. The van der Waals surface area contributed by atoms with E-state index < -0.39 is 23.1 Å². The van der Waals surface area contributed by atoms with Gasteiger partial charge in [-0.3, -0.25) is 9.59 Å². The first kappa shape index (κ1) is 15.1. The molecule has 0 aliphatic heterocycles. The van der Waals surface area contributed by atoms with Crippen molar-refractivity contribution in [2.24, 2.45) is 0 Å². The van der Waals surface area contributed by atoms with Crippen molar-refractivity contribution < 1.29 is 22.7 Å². The minimum atomic E-state index is -4.53. The smallest absolute Gasteiger partial charge is 0.416 e. The summed E-state index contributed by atoms with van der Waals surface area (Å²) < 4.78 is 44.1. The second-order valence-corrected chi connectivity index (χ2v) is 4.57. The molecule has 0 atom stereocenters. The Balaban J connectivity index is 2.71. The first-order chi connectivity index (χ1) is 9.74. The third-order valence-corrected chi connectivity index (χ3v) is 3.11. The van der Waals surface area contributed by atoms with Gasteiger partial charge < -0.3 is 9.30 Å². The van der Waals surface area contributed by atoms with Crippen LogP contribution < -0.4 is 5.43 Å². The van der Waals surface area contributed by atoms with Crippen molar-refractivity contribution in [3.63, 3.8) is 0 Å². The van der Waals surface area contributed by atoms with Crippen LogP contribution in [0.4, 0.5) is 13.2 Å². The Morgan fingerprint density at radius 2 is 2.00 bits per heavy atom. The zero-order valence-corrected chi connectivity index (χ0v) is 11.3. The number of carbonyl (C=O) groups excluding carboxylic acids is 1. The van der Waals surface area contributed by atoms with Gasteiger partial charge in [-0.15, -0.1) is 0 Å². The summed E-state index contributed by atoms with van der Waals surface area (Å²) in [5, 5.41) is -0.0753. The van der Waals surface area contributed by atoms with Gasteiger partial charge in [-0.2, -0.15) is 13.2 Å². The Morgan fingerprint density at radius 1 is 1.33 bits per heavy atom. The maximum atomic E-state index is 12.7. The number of ether oxygens (including phenoxy) is 1. The third-order valence-electron chi connectivity index (χ3n) is 3.11. The van der Waals surface area contributed by atoms with Crippen molar-refractivity contribution in [2.75, 3.05) is 7.11 Å². The molecule has 0 aliphatic rings. The van der Waals surface area contributed by atoms with E-state index in [4.69, 9.17) is 0 Å². The van der Waals surface area contributed by atoms with E-state index >= 15 is 0 Å². The quantitative estimate of drug-likeness (QED) is 0.801. The van der Waals surface area contributed by atoms with Gasteiger partial charge in [0, 0.05) is 17.1 Å². The van der Waals surface area contributed by atoms with Crippen LogP contribution >= 0.6 is 0 Å². The SMILES string of the molecule is COC(=O)Cn1cc(C)c(=O)c2cc(C(F)(F)F)ccc21. The maximum absolute atomic E-state index is 12.7. The standard InChI is InChI=1S/C14H12F3NO3/c1-8-6-18(7-12(19)21-2)11-4-3-9(14(15,16)17)5-10(11)13(8)20/h3-6H,7H2,1-2H3. The second-order valence-electron chi connectivity index (χ2n) is 4.57. The highest BCUT2D eigenvalue weighted by Gasteiger charge is 2.31. The van der Waals surface area contributed by atoms with Gasteiger partial charge >= 0.3 is 12.1 Å². The molecule has 7 heteroatoms. The number of pyridine rings is 1. The number of carbonyl (C=O) groups is 1. The fourth-order valence-corrected chi connectivity index (χ4v) is 2.05. The van der Waals surface area contributed by atoms with E-state index in [0.29, 0.717) is 0 Å². The molecule has 4 nitrogen and oxygen atoms in total. The number of nitrogens with zero attached hydrogens (tertiary/aromatic N) is 1. The van der Waals surface area contributed by atoms with Gasteiger partial charge in [0.15, 0.2) is 5.43 Å². The molecule has 112 valence electrons. The maximum Gasteiger partial charge on any atom is 0.416 e. The van der Waals surface area contributed by atoms with Gasteiger partial charge in [-0.25, -0.2) is 0 Å². The Hall–Kier alpha value is -2.31. The number of aryl methyl sites for hydroxylation is 1. The van der Waals surface area contributed by atoms with Gasteiger partial charge in [0.2, 0.25) is 0 Å². The third kappa shape index (κ3) is 2.91. The molecule has 1 heterocycles. The average molecular weight is 299 g/mol. The summed E-state index contributed by atoms with van der Waals surface area (Å²) in [6.45, 7) is 1.30. The van der Waals surface area contributed by atoms with Crippen molar-refractivity contribution in [3.05, 3.63) is 45.7 Å². The highest BCUT2D eigenvalue weighted by atomic mass is 19.4. The summed E-state index contributed by atoms with van der Waals surface area (Å²) in [6, 6.07) is 2.87. The van der Waals surface area contributed by atoms with Crippen molar-refractivity contribution in [3.8, 4) is 0 Å². The first-order valence-electron chi connectivity index (χ1n) is 6.02. The van der Waals surface area contributed by atoms with Gasteiger partial charge in [0.1, 0.15) is 6.54 Å². The molecule has 21 heavy (non-hydrogen) atoms. The molecule has 2 aromatic rings. The monoisotopic (exact) mass is 299 g/mol. The first-order valence-corrected chi connectivity index (χ1v) is 6.02. The van der Waals surface area contributed by atoms with E-state index in [-0.39, 0.29) is 23.0 Å². The number of esters is 1. The van der Waals surface area contributed by atoms with Crippen molar-refractivity contribution in [1.82, 2.24) is 4.57 Å². The minimum absolute atomic E-state index is 0.0753. The fraction of sp³-hybridized carbons (Fsp3) is 0.286. The number of fused-ring (bicyclic) bond motifs is 1. The Bertz CT molecular complexity index is 762. The molecule has 0 N–H and O–H groups in total. The summed E-state index contributed by atoms with van der Waals surface area (Å²) in [7, 11) is 1.21.